The van der Waals surface area contributed by atoms with Crippen molar-refractivity contribution in [1.29, 1.82) is 0 Å². The van der Waals surface area contributed by atoms with E-state index in [-0.39, 0.29) is 11.5 Å². The van der Waals surface area contributed by atoms with Crippen LogP contribution < -0.4 is 0 Å². The molecule has 0 spiro atoms. The van der Waals surface area contributed by atoms with E-state index >= 15 is 0 Å². The van der Waals surface area contributed by atoms with Gasteiger partial charge in [-0.15, -0.1) is 0 Å². The lowest BCUT2D eigenvalue weighted by molar-refractivity contribution is -0.928. The summed E-state index contributed by atoms with van der Waals surface area (Å²) in [7, 11) is -3.85. The minimum absolute atomic E-state index is 0.235. The van der Waals surface area contributed by atoms with Crippen LogP contribution in [0.4, 0.5) is 0 Å². The third-order valence-electron chi connectivity index (χ3n) is 4.65. The summed E-state index contributed by atoms with van der Waals surface area (Å²) in [6.07, 6.45) is 2.96. The molecule has 0 aromatic rings. The first kappa shape index (κ1) is 25.2. The molecule has 0 radical (unpaired) electrons. The molecule has 0 aliphatic rings. The predicted molar refractivity (Wildman–Crippen MR) is 105 cm³/mol. The zero-order chi connectivity index (χ0) is 19.6. The van der Waals surface area contributed by atoms with Gasteiger partial charge in [0.2, 0.25) is 0 Å². The van der Waals surface area contributed by atoms with Crippen molar-refractivity contribution in [3.63, 3.8) is 0 Å². The minimum Gasteiger partial charge on any atom is -0.420 e. The van der Waals surface area contributed by atoms with Crippen LogP contribution in [0.25, 0.3) is 0 Å². The maximum absolute atomic E-state index is 11.0. The Balaban J connectivity index is 4.94. The number of quaternary nitrogens is 1. The zero-order valence-corrected chi connectivity index (χ0v) is 18.7. The summed E-state index contributed by atoms with van der Waals surface area (Å²) in [4.78, 5) is 0. The fraction of sp³-hybridized carbons (Fsp3) is 1.00. The molecule has 0 aromatic heterocycles. The molecule has 0 aliphatic carbocycles. The van der Waals surface area contributed by atoms with Crippen molar-refractivity contribution in [2.45, 2.75) is 51.7 Å². The summed E-state index contributed by atoms with van der Waals surface area (Å²) in [5.41, 5.74) is 0. The van der Waals surface area contributed by atoms with E-state index in [1.807, 2.05) is 0 Å². The van der Waals surface area contributed by atoms with Crippen LogP contribution in [0.3, 0.4) is 0 Å². The van der Waals surface area contributed by atoms with Crippen molar-refractivity contribution in [3.8, 4) is 0 Å². The first-order valence-electron chi connectivity index (χ1n) is 8.88. The topological polar surface area (TPSA) is 101 Å². The van der Waals surface area contributed by atoms with Gasteiger partial charge in [-0.1, -0.05) is 6.92 Å². The van der Waals surface area contributed by atoms with E-state index in [0.29, 0.717) is 19.4 Å². The summed E-state index contributed by atoms with van der Waals surface area (Å²) >= 11 is -1.80. The molecule has 10 heteroatoms. The van der Waals surface area contributed by atoms with Crippen molar-refractivity contribution in [2.75, 3.05) is 44.8 Å². The molecular formula is C15H36NO6S2Si+. The Morgan fingerprint density at radius 3 is 2.12 bits per heavy atom. The fourth-order valence-corrected chi connectivity index (χ4v) is 5.28. The van der Waals surface area contributed by atoms with Gasteiger partial charge in [0.05, 0.1) is 37.7 Å². The molecule has 0 fully saturated rings. The quantitative estimate of drug-likeness (QED) is 0.183. The van der Waals surface area contributed by atoms with Gasteiger partial charge in [0, 0.05) is 20.0 Å². The molecule has 2 unspecified atom stereocenters. The van der Waals surface area contributed by atoms with Crippen LogP contribution in [0.15, 0.2) is 0 Å². The van der Waals surface area contributed by atoms with Crippen LogP contribution in [0, 0.1) is 0 Å². The molecule has 152 valence electrons. The first-order valence-corrected chi connectivity index (χ1v) is 14.9. The monoisotopic (exact) mass is 418 g/mol. The number of hydrogen-bond donors (Lipinski definition) is 2. The Bertz CT molecular complexity index is 500. The van der Waals surface area contributed by atoms with Crippen LogP contribution in [-0.2, 0) is 25.6 Å². The Labute approximate surface area is 156 Å². The van der Waals surface area contributed by atoms with Gasteiger partial charge < -0.3 is 13.5 Å². The van der Waals surface area contributed by atoms with E-state index < -0.39 is 29.5 Å². The van der Waals surface area contributed by atoms with Crippen molar-refractivity contribution in [3.05, 3.63) is 0 Å². The van der Waals surface area contributed by atoms with Crippen LogP contribution >= 0.6 is 0 Å². The molecule has 0 rings (SSSR count). The Morgan fingerprint density at radius 2 is 1.64 bits per heavy atom. The Kier molecular flexibility index (Phi) is 11.9. The van der Waals surface area contributed by atoms with Crippen molar-refractivity contribution < 1.29 is 30.6 Å². The molecule has 0 saturated heterocycles. The highest BCUT2D eigenvalue weighted by Gasteiger charge is 2.29. The summed E-state index contributed by atoms with van der Waals surface area (Å²) < 4.78 is 57.3. The second kappa shape index (κ2) is 11.8. The van der Waals surface area contributed by atoms with Crippen molar-refractivity contribution in [2.24, 2.45) is 0 Å². The van der Waals surface area contributed by atoms with E-state index in [2.05, 4.69) is 20.0 Å². The van der Waals surface area contributed by atoms with E-state index in [9.17, 15) is 12.6 Å². The molecule has 25 heavy (non-hydrogen) atoms. The van der Waals surface area contributed by atoms with Crippen LogP contribution in [0.5, 0.6) is 0 Å². The molecule has 2 atom stereocenters. The van der Waals surface area contributed by atoms with Crippen LogP contribution in [0.2, 0.25) is 19.1 Å². The van der Waals surface area contributed by atoms with Crippen molar-refractivity contribution in [1.82, 2.24) is 0 Å². The fourth-order valence-electron chi connectivity index (χ4n) is 3.19. The van der Waals surface area contributed by atoms with E-state index in [1.54, 1.807) is 7.11 Å². The van der Waals surface area contributed by atoms with Gasteiger partial charge in [-0.3, -0.25) is 4.55 Å². The highest BCUT2D eigenvalue weighted by Crippen LogP contribution is 2.19. The number of nitrogens with zero attached hydrogens (tertiary/aromatic N) is 1. The largest absolute Gasteiger partial charge is 0.420 e. The summed E-state index contributed by atoms with van der Waals surface area (Å²) in [6.45, 7) is 9.65. The number of rotatable bonds is 15. The van der Waals surface area contributed by atoms with Gasteiger partial charge in [-0.2, -0.15) is 8.42 Å². The van der Waals surface area contributed by atoms with Crippen LogP contribution in [0.1, 0.15) is 32.6 Å². The molecule has 7 nitrogen and oxygen atoms in total. The summed E-state index contributed by atoms with van der Waals surface area (Å²) in [5, 5.41) is 0. The summed E-state index contributed by atoms with van der Waals surface area (Å²) in [5.74, 6) is 0.00128. The molecule has 0 aliphatic heterocycles. The SMILES string of the molecule is CCC[N+](CCCS(=O)O)(CCC[Si](C)(C)OC)CCCS(=O)(=O)O. The molecule has 0 amide bonds. The second-order valence-electron chi connectivity index (χ2n) is 7.32. The van der Waals surface area contributed by atoms with Crippen LogP contribution in [-0.4, -0.2) is 79.3 Å². The predicted octanol–water partition coefficient (Wildman–Crippen LogP) is 2.34. The smallest absolute Gasteiger partial charge is 0.265 e. The highest BCUT2D eigenvalue weighted by molar-refractivity contribution is 7.85. The maximum Gasteiger partial charge on any atom is 0.265 e. The highest BCUT2D eigenvalue weighted by atomic mass is 32.2. The molecular weight excluding hydrogens is 382 g/mol. The molecule has 2 N–H and O–H groups in total. The standard InChI is InChI=1S/C15H35NO6S2Si/c1-5-9-16(10-6-13-23(17)18,11-7-14-24(19,20)21)12-8-15-25(3,4)22-2/h5-15H2,1-4H3,(H-,17,18,19,20,21)/p+1. The van der Waals surface area contributed by atoms with Gasteiger partial charge in [-0.25, -0.2) is 4.21 Å². The van der Waals surface area contributed by atoms with Gasteiger partial charge in [0.1, 0.15) is 0 Å². The summed E-state index contributed by atoms with van der Waals surface area (Å²) in [6, 6.07) is 1.03. The Hall–Kier alpha value is 0.157. The van der Waals surface area contributed by atoms with Gasteiger partial charge in [0.15, 0.2) is 19.4 Å². The second-order valence-corrected chi connectivity index (χ2v) is 14.4. The molecule has 0 aromatic carbocycles. The van der Waals surface area contributed by atoms with E-state index in [1.165, 1.54) is 0 Å². The third-order valence-corrected chi connectivity index (χ3v) is 8.75. The number of hydrogen-bond acceptors (Lipinski definition) is 4. The van der Waals surface area contributed by atoms with Crippen molar-refractivity contribution >= 4 is 29.5 Å². The lowest BCUT2D eigenvalue weighted by Crippen LogP contribution is -2.51. The average Bonchev–Trinajstić information content (AvgIpc) is 2.45. The normalized spacial score (nSPS) is 16.6. The van der Waals surface area contributed by atoms with Gasteiger partial charge in [-0.05, 0) is 32.0 Å². The minimum atomic E-state index is -3.95. The lowest BCUT2D eigenvalue weighted by atomic mass is 10.2. The average molecular weight is 419 g/mol. The zero-order valence-electron chi connectivity index (χ0n) is 16.1. The third kappa shape index (κ3) is 13.0. The lowest BCUT2D eigenvalue weighted by Gasteiger charge is -2.39. The van der Waals surface area contributed by atoms with E-state index in [0.717, 1.165) is 43.0 Å². The maximum atomic E-state index is 11.0. The van der Waals surface area contributed by atoms with Gasteiger partial charge in [0.25, 0.3) is 10.1 Å². The molecule has 0 bridgehead atoms. The Morgan fingerprint density at radius 1 is 1.08 bits per heavy atom. The molecule has 0 saturated carbocycles. The van der Waals surface area contributed by atoms with E-state index in [4.69, 9.17) is 13.5 Å². The van der Waals surface area contributed by atoms with Gasteiger partial charge >= 0.3 is 0 Å². The first-order chi connectivity index (χ1) is 11.5. The molecule has 0 heterocycles.